The van der Waals surface area contributed by atoms with Gasteiger partial charge < -0.3 is 10.2 Å². The summed E-state index contributed by atoms with van der Waals surface area (Å²) in [6, 6.07) is 17.8. The number of halogens is 2. The maximum absolute atomic E-state index is 13.5. The van der Waals surface area contributed by atoms with Crippen LogP contribution in [-0.2, 0) is 13.0 Å². The van der Waals surface area contributed by atoms with Gasteiger partial charge in [0.2, 0.25) is 0 Å². The number of anilines is 1. The van der Waals surface area contributed by atoms with Gasteiger partial charge in [-0.05, 0) is 73.2 Å². The molecule has 0 radical (unpaired) electrons. The number of likely N-dealkylation sites (tertiary alicyclic amines) is 1. The molecular weight excluding hydrogens is 489 g/mol. The Hall–Kier alpha value is -3.84. The third-order valence-electron chi connectivity index (χ3n) is 6.61. The fourth-order valence-electron chi connectivity index (χ4n) is 4.62. The molecule has 0 saturated carbocycles. The highest BCUT2D eigenvalue weighted by atomic mass is 35.5. The molecule has 1 amide bonds. The quantitative estimate of drug-likeness (QED) is 0.325. The zero-order valence-corrected chi connectivity index (χ0v) is 21.0. The summed E-state index contributed by atoms with van der Waals surface area (Å²) in [4.78, 5) is 28.0. The lowest BCUT2D eigenvalue weighted by molar-refractivity contribution is 0.0690. The molecule has 0 unspecified atom stereocenters. The van der Waals surface area contributed by atoms with Crippen LogP contribution in [0.1, 0.15) is 34.5 Å². The van der Waals surface area contributed by atoms with Crippen molar-refractivity contribution in [3.8, 4) is 11.3 Å². The van der Waals surface area contributed by atoms with E-state index in [0.29, 0.717) is 28.9 Å². The number of carbonyl (C=O) groups is 1. The summed E-state index contributed by atoms with van der Waals surface area (Å²) in [7, 11) is 0. The Morgan fingerprint density at radius 2 is 1.89 bits per heavy atom. The highest BCUT2D eigenvalue weighted by molar-refractivity contribution is 6.33. The van der Waals surface area contributed by atoms with Gasteiger partial charge in [0.05, 0.1) is 16.3 Å². The van der Waals surface area contributed by atoms with Gasteiger partial charge in [0.25, 0.3) is 5.91 Å². The third-order valence-corrected chi connectivity index (χ3v) is 6.91. The Bertz CT molecular complexity index is 1380. The first-order chi connectivity index (χ1) is 18.0. The number of aromatic nitrogens is 3. The van der Waals surface area contributed by atoms with E-state index in [4.69, 9.17) is 16.6 Å². The molecule has 3 aromatic heterocycles. The van der Waals surface area contributed by atoms with E-state index in [1.807, 2.05) is 35.2 Å². The largest absolute Gasteiger partial charge is 0.366 e. The predicted molar refractivity (Wildman–Crippen MR) is 143 cm³/mol. The van der Waals surface area contributed by atoms with Crippen molar-refractivity contribution in [2.45, 2.75) is 25.8 Å². The van der Waals surface area contributed by atoms with Crippen molar-refractivity contribution in [3.63, 3.8) is 0 Å². The number of hydrogen-bond donors (Lipinski definition) is 1. The molecule has 1 saturated heterocycles. The summed E-state index contributed by atoms with van der Waals surface area (Å²) in [5.41, 5.74) is 3.99. The number of pyridine rings is 3. The number of amides is 1. The summed E-state index contributed by atoms with van der Waals surface area (Å²) in [5, 5.41) is 3.79. The van der Waals surface area contributed by atoms with E-state index in [1.165, 1.54) is 12.1 Å². The first-order valence-electron chi connectivity index (χ1n) is 12.3. The smallest absolute Gasteiger partial charge is 0.255 e. The standard InChI is InChI=1S/C29H27ClFN5O/c30-26-19-33-24(15-20-9-12-36(13-10-20)29(37)22-5-3-11-32-18-22)16-25(26)27-7-2-8-28(35-27)34-17-21-4-1-6-23(31)14-21/h1-8,11,14,16,18-20H,9-10,12-13,15,17H2,(H,34,35). The molecule has 5 rings (SSSR count). The Balaban J connectivity index is 1.22. The van der Waals surface area contributed by atoms with Gasteiger partial charge >= 0.3 is 0 Å². The molecule has 1 N–H and O–H groups in total. The molecule has 0 atom stereocenters. The molecule has 0 spiro atoms. The molecule has 1 fully saturated rings. The number of piperidine rings is 1. The second-order valence-corrected chi connectivity index (χ2v) is 9.64. The van der Waals surface area contributed by atoms with Crippen LogP contribution >= 0.6 is 11.6 Å². The zero-order valence-electron chi connectivity index (χ0n) is 20.3. The van der Waals surface area contributed by atoms with Crippen LogP contribution in [0, 0.1) is 11.7 Å². The van der Waals surface area contributed by atoms with E-state index >= 15 is 0 Å². The third kappa shape index (κ3) is 6.30. The second kappa shape index (κ2) is 11.5. The maximum atomic E-state index is 13.5. The van der Waals surface area contributed by atoms with Crippen molar-refractivity contribution in [3.05, 3.63) is 107 Å². The molecule has 0 aliphatic carbocycles. The SMILES string of the molecule is O=C(c1cccnc1)N1CCC(Cc2cc(-c3cccc(NCc4cccc(F)c4)n3)c(Cl)cn2)CC1. The minimum Gasteiger partial charge on any atom is -0.366 e. The second-order valence-electron chi connectivity index (χ2n) is 9.23. The molecule has 37 heavy (non-hydrogen) atoms. The van der Waals surface area contributed by atoms with Crippen LogP contribution in [0.25, 0.3) is 11.3 Å². The number of carbonyl (C=O) groups excluding carboxylic acids is 1. The lowest BCUT2D eigenvalue weighted by atomic mass is 9.91. The van der Waals surface area contributed by atoms with Gasteiger partial charge in [0, 0.05) is 49.5 Å². The first-order valence-corrected chi connectivity index (χ1v) is 12.7. The highest BCUT2D eigenvalue weighted by Crippen LogP contribution is 2.29. The van der Waals surface area contributed by atoms with Gasteiger partial charge in [-0.2, -0.15) is 0 Å². The molecule has 0 bridgehead atoms. The van der Waals surface area contributed by atoms with E-state index < -0.39 is 0 Å². The summed E-state index contributed by atoms with van der Waals surface area (Å²) in [6.45, 7) is 1.91. The minimum absolute atomic E-state index is 0.0374. The molecule has 188 valence electrons. The number of hydrogen-bond acceptors (Lipinski definition) is 5. The summed E-state index contributed by atoms with van der Waals surface area (Å²) in [6.07, 6.45) is 7.63. The van der Waals surface area contributed by atoms with Crippen molar-refractivity contribution in [2.75, 3.05) is 18.4 Å². The molecule has 4 heterocycles. The van der Waals surface area contributed by atoms with Crippen molar-refractivity contribution in [2.24, 2.45) is 5.92 Å². The van der Waals surface area contributed by atoms with Crippen molar-refractivity contribution in [1.29, 1.82) is 0 Å². The molecular formula is C29H27ClFN5O. The Morgan fingerprint density at radius 1 is 1.05 bits per heavy atom. The highest BCUT2D eigenvalue weighted by Gasteiger charge is 2.24. The van der Waals surface area contributed by atoms with Gasteiger partial charge in [-0.25, -0.2) is 9.37 Å². The summed E-state index contributed by atoms with van der Waals surface area (Å²) >= 11 is 6.51. The Kier molecular flexibility index (Phi) is 7.70. The maximum Gasteiger partial charge on any atom is 0.255 e. The normalized spacial score (nSPS) is 13.9. The van der Waals surface area contributed by atoms with Crippen LogP contribution in [0.15, 0.2) is 79.3 Å². The number of nitrogens with one attached hydrogen (secondary N) is 1. The number of rotatable bonds is 7. The fraction of sp³-hybridized carbons (Fsp3) is 0.241. The van der Waals surface area contributed by atoms with Gasteiger partial charge in [-0.15, -0.1) is 0 Å². The molecule has 4 aromatic rings. The van der Waals surface area contributed by atoms with Crippen LogP contribution in [0.3, 0.4) is 0 Å². The van der Waals surface area contributed by atoms with Crippen molar-refractivity contribution < 1.29 is 9.18 Å². The van der Waals surface area contributed by atoms with Crippen LogP contribution in [-0.4, -0.2) is 38.8 Å². The van der Waals surface area contributed by atoms with Gasteiger partial charge in [0.1, 0.15) is 11.6 Å². The van der Waals surface area contributed by atoms with E-state index in [-0.39, 0.29) is 11.7 Å². The molecule has 6 nitrogen and oxygen atoms in total. The van der Waals surface area contributed by atoms with E-state index in [0.717, 1.165) is 54.9 Å². The summed E-state index contributed by atoms with van der Waals surface area (Å²) in [5.74, 6) is 0.895. The fourth-order valence-corrected chi connectivity index (χ4v) is 4.82. The van der Waals surface area contributed by atoms with Crippen LogP contribution in [0.5, 0.6) is 0 Å². The number of nitrogens with zero attached hydrogens (tertiary/aromatic N) is 4. The Labute approximate surface area is 220 Å². The molecule has 8 heteroatoms. The van der Waals surface area contributed by atoms with Gasteiger partial charge in [0.15, 0.2) is 0 Å². The monoisotopic (exact) mass is 515 g/mol. The summed E-state index contributed by atoms with van der Waals surface area (Å²) < 4.78 is 13.5. The average Bonchev–Trinajstić information content (AvgIpc) is 2.94. The van der Waals surface area contributed by atoms with Crippen molar-refractivity contribution >= 4 is 23.3 Å². The number of benzene rings is 1. The van der Waals surface area contributed by atoms with Crippen molar-refractivity contribution in [1.82, 2.24) is 19.9 Å². The topological polar surface area (TPSA) is 71.0 Å². The van der Waals surface area contributed by atoms with Crippen LogP contribution in [0.4, 0.5) is 10.2 Å². The van der Waals surface area contributed by atoms with E-state index in [9.17, 15) is 9.18 Å². The van der Waals surface area contributed by atoms with Crippen LogP contribution in [0.2, 0.25) is 5.02 Å². The molecule has 1 aromatic carbocycles. The van der Waals surface area contributed by atoms with Gasteiger partial charge in [-0.1, -0.05) is 29.8 Å². The van der Waals surface area contributed by atoms with E-state index in [1.54, 1.807) is 36.8 Å². The minimum atomic E-state index is -0.261. The molecule has 1 aliphatic rings. The first kappa shape index (κ1) is 24.8. The van der Waals surface area contributed by atoms with Crippen LogP contribution < -0.4 is 5.32 Å². The predicted octanol–water partition coefficient (Wildman–Crippen LogP) is 6.04. The average molecular weight is 516 g/mol. The van der Waals surface area contributed by atoms with E-state index in [2.05, 4.69) is 15.3 Å². The Morgan fingerprint density at radius 3 is 2.68 bits per heavy atom. The molecule has 1 aliphatic heterocycles. The lowest BCUT2D eigenvalue weighted by Crippen LogP contribution is -2.39. The van der Waals surface area contributed by atoms with Gasteiger partial charge in [-0.3, -0.25) is 14.8 Å². The zero-order chi connectivity index (χ0) is 25.6. The lowest BCUT2D eigenvalue weighted by Gasteiger charge is -2.32.